The molecule has 0 saturated heterocycles. The van der Waals surface area contributed by atoms with Gasteiger partial charge in [0.15, 0.2) is 0 Å². The Morgan fingerprint density at radius 3 is 2.57 bits per heavy atom. The van der Waals surface area contributed by atoms with Gasteiger partial charge in [0.1, 0.15) is 5.76 Å². The highest BCUT2D eigenvalue weighted by atomic mass is 16.5. The number of aryl methyl sites for hydroxylation is 2. The molecular weight excluding hydrogens is 292 g/mol. The van der Waals surface area contributed by atoms with Crippen molar-refractivity contribution in [2.24, 2.45) is 0 Å². The zero-order valence-electron chi connectivity index (χ0n) is 14.1. The highest BCUT2D eigenvalue weighted by Crippen LogP contribution is 2.25. The van der Waals surface area contributed by atoms with Crippen molar-refractivity contribution in [3.63, 3.8) is 0 Å². The first-order chi connectivity index (χ1) is 10.8. The summed E-state index contributed by atoms with van der Waals surface area (Å²) in [6.45, 7) is 7.91. The molecule has 2 N–H and O–H groups in total. The number of aromatic nitrogens is 1. The van der Waals surface area contributed by atoms with E-state index in [1.807, 2.05) is 51.1 Å². The van der Waals surface area contributed by atoms with Crippen LogP contribution in [0.25, 0.3) is 0 Å². The van der Waals surface area contributed by atoms with Crippen LogP contribution in [0.4, 0.5) is 0 Å². The molecule has 0 bridgehead atoms. The van der Waals surface area contributed by atoms with Crippen molar-refractivity contribution in [2.75, 3.05) is 6.54 Å². The molecule has 1 aromatic carbocycles. The van der Waals surface area contributed by atoms with Crippen LogP contribution in [0, 0.1) is 13.8 Å². The number of nitrogens with one attached hydrogen (secondary N) is 1. The van der Waals surface area contributed by atoms with Crippen molar-refractivity contribution < 1.29 is 14.4 Å². The molecule has 2 aromatic rings. The number of carbonyl (C=O) groups is 1. The van der Waals surface area contributed by atoms with Crippen LogP contribution < -0.4 is 5.32 Å². The fraction of sp³-hybridized carbons (Fsp3) is 0.444. The average Bonchev–Trinajstić information content (AvgIpc) is 2.84. The van der Waals surface area contributed by atoms with Gasteiger partial charge >= 0.3 is 0 Å². The van der Waals surface area contributed by atoms with Crippen LogP contribution in [0.1, 0.15) is 48.8 Å². The smallest absolute Gasteiger partial charge is 0.223 e. The molecule has 0 fully saturated rings. The fourth-order valence-corrected chi connectivity index (χ4v) is 2.84. The van der Waals surface area contributed by atoms with Crippen LogP contribution in [0.3, 0.4) is 0 Å². The average molecular weight is 316 g/mol. The lowest BCUT2D eigenvalue weighted by Gasteiger charge is -2.23. The van der Waals surface area contributed by atoms with Gasteiger partial charge in [-0.15, -0.1) is 0 Å². The Hall–Kier alpha value is -2.14. The molecule has 0 aliphatic carbocycles. The lowest BCUT2D eigenvalue weighted by molar-refractivity contribution is -0.125. The number of hydrogen-bond donors (Lipinski definition) is 2. The normalized spacial score (nSPS) is 15.0. The van der Waals surface area contributed by atoms with E-state index in [4.69, 9.17) is 4.52 Å². The molecule has 1 aromatic heterocycles. The molecule has 2 atom stereocenters. The number of aliphatic hydroxyl groups is 1. The molecule has 0 aliphatic heterocycles. The number of carbonyl (C=O) groups excluding carboxylic acids is 1. The first kappa shape index (κ1) is 17.2. The maximum atomic E-state index is 12.2. The molecule has 124 valence electrons. The van der Waals surface area contributed by atoms with Crippen molar-refractivity contribution in [1.82, 2.24) is 10.5 Å². The Bertz CT molecular complexity index is 643. The van der Waals surface area contributed by atoms with Crippen molar-refractivity contribution in [3.05, 3.63) is 52.9 Å². The largest absolute Gasteiger partial charge is 0.385 e. The van der Waals surface area contributed by atoms with Crippen molar-refractivity contribution >= 4 is 5.91 Å². The van der Waals surface area contributed by atoms with Crippen LogP contribution in [0.5, 0.6) is 0 Å². The first-order valence-corrected chi connectivity index (χ1v) is 7.78. The first-order valence-electron chi connectivity index (χ1n) is 7.78. The quantitative estimate of drug-likeness (QED) is 0.859. The van der Waals surface area contributed by atoms with Gasteiger partial charge in [0.05, 0.1) is 17.7 Å². The molecule has 2 rings (SSSR count). The van der Waals surface area contributed by atoms with Gasteiger partial charge in [-0.05, 0) is 26.3 Å². The van der Waals surface area contributed by atoms with E-state index in [-0.39, 0.29) is 18.2 Å². The van der Waals surface area contributed by atoms with Gasteiger partial charge in [0.2, 0.25) is 5.91 Å². The van der Waals surface area contributed by atoms with Crippen LogP contribution in [0.15, 0.2) is 34.9 Å². The summed E-state index contributed by atoms with van der Waals surface area (Å²) in [5, 5.41) is 17.3. The van der Waals surface area contributed by atoms with E-state index >= 15 is 0 Å². The Labute approximate surface area is 136 Å². The standard InChI is InChI=1S/C18H24N2O3/c1-12(17-13(2)20-23-14(17)3)11-19-16(21)10-18(4,22)15-8-6-5-7-9-15/h5-9,12,22H,10-11H2,1-4H3,(H,19,21). The lowest BCUT2D eigenvalue weighted by atomic mass is 9.92. The summed E-state index contributed by atoms with van der Waals surface area (Å²) < 4.78 is 5.16. The molecule has 1 heterocycles. The molecule has 2 unspecified atom stereocenters. The maximum Gasteiger partial charge on any atom is 0.223 e. The van der Waals surface area contributed by atoms with Crippen LogP contribution in [0.2, 0.25) is 0 Å². The number of rotatable bonds is 6. The van der Waals surface area contributed by atoms with E-state index in [1.54, 1.807) is 6.92 Å². The Kier molecular flexibility index (Phi) is 5.21. The third-order valence-electron chi connectivity index (χ3n) is 4.09. The molecule has 0 saturated carbocycles. The maximum absolute atomic E-state index is 12.2. The third kappa shape index (κ3) is 4.20. The second-order valence-electron chi connectivity index (χ2n) is 6.26. The summed E-state index contributed by atoms with van der Waals surface area (Å²) in [6, 6.07) is 9.22. The second-order valence-corrected chi connectivity index (χ2v) is 6.26. The van der Waals surface area contributed by atoms with E-state index in [1.165, 1.54) is 0 Å². The van der Waals surface area contributed by atoms with E-state index < -0.39 is 5.60 Å². The molecule has 0 aliphatic rings. The van der Waals surface area contributed by atoms with Crippen LogP contribution in [-0.2, 0) is 10.4 Å². The molecule has 0 spiro atoms. The van der Waals surface area contributed by atoms with Gasteiger partial charge in [-0.2, -0.15) is 0 Å². The number of hydrogen-bond acceptors (Lipinski definition) is 4. The highest BCUT2D eigenvalue weighted by Gasteiger charge is 2.26. The molecule has 5 nitrogen and oxygen atoms in total. The number of benzene rings is 1. The zero-order chi connectivity index (χ0) is 17.0. The molecule has 23 heavy (non-hydrogen) atoms. The van der Waals surface area contributed by atoms with Gasteiger partial charge in [-0.25, -0.2) is 0 Å². The van der Waals surface area contributed by atoms with Crippen molar-refractivity contribution in [1.29, 1.82) is 0 Å². The predicted octanol–water partition coefficient (Wildman–Crippen LogP) is 2.81. The summed E-state index contributed by atoms with van der Waals surface area (Å²) in [5.74, 6) is 0.699. The topological polar surface area (TPSA) is 75.4 Å². The van der Waals surface area contributed by atoms with Gasteiger partial charge in [-0.1, -0.05) is 42.4 Å². The molecular formula is C18H24N2O3. The predicted molar refractivity (Wildman–Crippen MR) is 88.0 cm³/mol. The van der Waals surface area contributed by atoms with E-state index in [9.17, 15) is 9.90 Å². The molecule has 1 amide bonds. The summed E-state index contributed by atoms with van der Waals surface area (Å²) >= 11 is 0. The van der Waals surface area contributed by atoms with Crippen LogP contribution >= 0.6 is 0 Å². The Balaban J connectivity index is 1.93. The van der Waals surface area contributed by atoms with E-state index in [0.29, 0.717) is 6.54 Å². The van der Waals surface area contributed by atoms with Crippen molar-refractivity contribution in [2.45, 2.75) is 45.6 Å². The zero-order valence-corrected chi connectivity index (χ0v) is 14.1. The highest BCUT2D eigenvalue weighted by molar-refractivity contribution is 5.77. The lowest BCUT2D eigenvalue weighted by Crippen LogP contribution is -2.34. The summed E-state index contributed by atoms with van der Waals surface area (Å²) in [4.78, 5) is 12.2. The number of amides is 1. The Morgan fingerprint density at radius 2 is 2.00 bits per heavy atom. The number of nitrogens with zero attached hydrogens (tertiary/aromatic N) is 1. The van der Waals surface area contributed by atoms with E-state index in [2.05, 4.69) is 10.5 Å². The van der Waals surface area contributed by atoms with E-state index in [0.717, 1.165) is 22.6 Å². The summed E-state index contributed by atoms with van der Waals surface area (Å²) in [7, 11) is 0. The SMILES string of the molecule is Cc1noc(C)c1C(C)CNC(=O)CC(C)(O)c1ccccc1. The molecule has 5 heteroatoms. The minimum Gasteiger partial charge on any atom is -0.385 e. The Morgan fingerprint density at radius 1 is 1.35 bits per heavy atom. The van der Waals surface area contributed by atoms with Gasteiger partial charge in [-0.3, -0.25) is 4.79 Å². The second kappa shape index (κ2) is 6.96. The molecule has 0 radical (unpaired) electrons. The third-order valence-corrected chi connectivity index (χ3v) is 4.09. The van der Waals surface area contributed by atoms with Crippen molar-refractivity contribution in [3.8, 4) is 0 Å². The monoisotopic (exact) mass is 316 g/mol. The van der Waals surface area contributed by atoms with Gasteiger partial charge < -0.3 is 14.9 Å². The summed E-state index contributed by atoms with van der Waals surface area (Å²) in [6.07, 6.45) is 0.0192. The van der Waals surface area contributed by atoms with Gasteiger partial charge in [0.25, 0.3) is 0 Å². The van der Waals surface area contributed by atoms with Gasteiger partial charge in [0, 0.05) is 18.0 Å². The minimum absolute atomic E-state index is 0.0192. The fourth-order valence-electron chi connectivity index (χ4n) is 2.84. The summed E-state index contributed by atoms with van der Waals surface area (Å²) in [5.41, 5.74) is 1.42. The van der Waals surface area contributed by atoms with Crippen LogP contribution in [-0.4, -0.2) is 22.7 Å². The minimum atomic E-state index is -1.18.